The smallest absolute Gasteiger partial charge is 0.262 e. The van der Waals surface area contributed by atoms with Gasteiger partial charge in [-0.15, -0.1) is 0 Å². The number of halogens is 2. The molecule has 1 fully saturated rings. The lowest BCUT2D eigenvalue weighted by molar-refractivity contribution is 0.0551. The van der Waals surface area contributed by atoms with Gasteiger partial charge < -0.3 is 4.90 Å². The largest absolute Gasteiger partial charge is 0.336 e. The second kappa shape index (κ2) is 6.15. The lowest BCUT2D eigenvalue weighted by Gasteiger charge is -2.38. The van der Waals surface area contributed by atoms with Gasteiger partial charge in [-0.05, 0) is 43.9 Å². The van der Waals surface area contributed by atoms with Crippen molar-refractivity contribution in [3.63, 3.8) is 0 Å². The molecule has 7 heteroatoms. The minimum Gasteiger partial charge on any atom is -0.336 e. The third-order valence-electron chi connectivity index (χ3n) is 4.08. The van der Waals surface area contributed by atoms with Gasteiger partial charge in [0.2, 0.25) is 0 Å². The van der Waals surface area contributed by atoms with Gasteiger partial charge in [-0.2, -0.15) is 0 Å². The Morgan fingerprint density at radius 3 is 2.62 bits per heavy atom. The number of rotatable bonds is 2. The first kappa shape index (κ1) is 16.6. The van der Waals surface area contributed by atoms with E-state index in [-0.39, 0.29) is 21.9 Å². The number of likely N-dealkylation sites (tertiary alicyclic amines) is 1. The molecular weight excluding hydrogens is 333 g/mol. The predicted octanol–water partition coefficient (Wildman–Crippen LogP) is 3.53. The van der Waals surface area contributed by atoms with Crippen LogP contribution in [0.25, 0.3) is 0 Å². The fourth-order valence-electron chi connectivity index (χ4n) is 2.61. The van der Waals surface area contributed by atoms with E-state index in [1.165, 1.54) is 18.2 Å². The molecule has 4 nitrogen and oxygen atoms in total. The standard InChI is InChI=1S/C14H17Cl2NO3S/c1-9-4-3-7-17(10(9)2)14(18)11-5-6-12(15)13(8-11)21(16,19)20/h5-6,8-10H,3-4,7H2,1-2H3. The Balaban J connectivity index is 2.36. The molecule has 0 saturated carbocycles. The number of benzene rings is 1. The van der Waals surface area contributed by atoms with Crippen molar-refractivity contribution in [3.8, 4) is 0 Å². The molecule has 21 heavy (non-hydrogen) atoms. The van der Waals surface area contributed by atoms with Gasteiger partial charge >= 0.3 is 0 Å². The van der Waals surface area contributed by atoms with Crippen LogP contribution in [0.4, 0.5) is 0 Å². The van der Waals surface area contributed by atoms with Crippen LogP contribution >= 0.6 is 22.3 Å². The molecule has 0 bridgehead atoms. The Labute approximate surface area is 134 Å². The first-order valence-corrected chi connectivity index (χ1v) is 9.45. The van der Waals surface area contributed by atoms with Crippen LogP contribution in [-0.2, 0) is 9.05 Å². The minimum absolute atomic E-state index is 0.0154. The SMILES string of the molecule is CC1CCCN(C(=O)c2ccc(Cl)c(S(=O)(=O)Cl)c2)C1C. The normalized spacial score (nSPS) is 23.1. The molecule has 2 atom stereocenters. The monoisotopic (exact) mass is 349 g/mol. The zero-order valence-electron chi connectivity index (χ0n) is 11.8. The second-order valence-corrected chi connectivity index (χ2v) is 8.38. The number of amides is 1. The molecule has 1 amide bonds. The zero-order chi connectivity index (χ0) is 15.8. The van der Waals surface area contributed by atoms with Crippen molar-refractivity contribution >= 4 is 37.2 Å². The molecule has 1 aromatic carbocycles. The van der Waals surface area contributed by atoms with E-state index in [0.717, 1.165) is 12.8 Å². The van der Waals surface area contributed by atoms with E-state index in [0.29, 0.717) is 18.0 Å². The van der Waals surface area contributed by atoms with Crippen molar-refractivity contribution in [2.24, 2.45) is 5.92 Å². The molecule has 2 rings (SSSR count). The van der Waals surface area contributed by atoms with E-state index in [1.807, 2.05) is 6.92 Å². The van der Waals surface area contributed by atoms with Gasteiger partial charge in [0, 0.05) is 28.8 Å². The van der Waals surface area contributed by atoms with E-state index >= 15 is 0 Å². The van der Waals surface area contributed by atoms with Crippen molar-refractivity contribution < 1.29 is 13.2 Å². The highest BCUT2D eigenvalue weighted by Crippen LogP contribution is 2.28. The molecule has 1 aliphatic heterocycles. The van der Waals surface area contributed by atoms with Gasteiger partial charge in [-0.3, -0.25) is 4.79 Å². The molecular formula is C14H17Cl2NO3S. The number of piperidine rings is 1. The first-order valence-electron chi connectivity index (χ1n) is 6.77. The summed E-state index contributed by atoms with van der Waals surface area (Å²) in [4.78, 5) is 14.1. The number of nitrogens with zero attached hydrogens (tertiary/aromatic N) is 1. The second-order valence-electron chi connectivity index (χ2n) is 5.44. The molecule has 1 aromatic rings. The van der Waals surface area contributed by atoms with Crippen LogP contribution in [0.1, 0.15) is 37.0 Å². The molecule has 1 aliphatic rings. The van der Waals surface area contributed by atoms with Gasteiger partial charge in [0.05, 0.1) is 5.02 Å². The Bertz CT molecular complexity index is 660. The van der Waals surface area contributed by atoms with E-state index in [1.54, 1.807) is 4.90 Å². The fourth-order valence-corrected chi connectivity index (χ4v) is 4.10. The van der Waals surface area contributed by atoms with Gasteiger partial charge in [0.1, 0.15) is 4.90 Å². The van der Waals surface area contributed by atoms with Crippen LogP contribution in [0.3, 0.4) is 0 Å². The third-order valence-corrected chi connectivity index (χ3v) is 5.88. The van der Waals surface area contributed by atoms with Crippen LogP contribution < -0.4 is 0 Å². The van der Waals surface area contributed by atoms with Crippen molar-refractivity contribution in [2.75, 3.05) is 6.54 Å². The molecule has 0 spiro atoms. The summed E-state index contributed by atoms with van der Waals surface area (Å²) in [6, 6.07) is 4.29. The highest BCUT2D eigenvalue weighted by Gasteiger charge is 2.29. The molecule has 1 heterocycles. The summed E-state index contributed by atoms with van der Waals surface area (Å²) < 4.78 is 23.0. The highest BCUT2D eigenvalue weighted by molar-refractivity contribution is 8.13. The molecule has 0 N–H and O–H groups in total. The van der Waals surface area contributed by atoms with Crippen molar-refractivity contribution in [3.05, 3.63) is 28.8 Å². The molecule has 0 radical (unpaired) electrons. The summed E-state index contributed by atoms with van der Waals surface area (Å²) >= 11 is 5.83. The van der Waals surface area contributed by atoms with Gasteiger partial charge in [0.15, 0.2) is 0 Å². The van der Waals surface area contributed by atoms with Gasteiger partial charge in [-0.25, -0.2) is 8.42 Å². The molecule has 116 valence electrons. The highest BCUT2D eigenvalue weighted by atomic mass is 35.7. The Kier molecular flexibility index (Phi) is 4.85. The number of hydrogen-bond acceptors (Lipinski definition) is 3. The topological polar surface area (TPSA) is 54.5 Å². The van der Waals surface area contributed by atoms with Crippen LogP contribution in [0, 0.1) is 5.92 Å². The number of hydrogen-bond donors (Lipinski definition) is 0. The van der Waals surface area contributed by atoms with Crippen LogP contribution in [0.2, 0.25) is 5.02 Å². The third kappa shape index (κ3) is 3.52. The quantitative estimate of drug-likeness (QED) is 0.767. The molecule has 1 saturated heterocycles. The molecule has 0 aromatic heterocycles. The van der Waals surface area contributed by atoms with Crippen LogP contribution in [-0.4, -0.2) is 31.8 Å². The zero-order valence-corrected chi connectivity index (χ0v) is 14.2. The van der Waals surface area contributed by atoms with Crippen LogP contribution in [0.15, 0.2) is 23.1 Å². The lowest BCUT2D eigenvalue weighted by atomic mass is 9.91. The maximum absolute atomic E-state index is 12.6. The summed E-state index contributed by atoms with van der Waals surface area (Å²) in [7, 11) is 1.37. The Morgan fingerprint density at radius 2 is 2.00 bits per heavy atom. The summed E-state index contributed by atoms with van der Waals surface area (Å²) in [6.45, 7) is 4.80. The van der Waals surface area contributed by atoms with Crippen molar-refractivity contribution in [1.29, 1.82) is 0 Å². The van der Waals surface area contributed by atoms with E-state index < -0.39 is 9.05 Å². The number of carbonyl (C=O) groups excluding carboxylic acids is 1. The predicted molar refractivity (Wildman–Crippen MR) is 83.4 cm³/mol. The molecule has 0 aliphatic carbocycles. The number of carbonyl (C=O) groups is 1. The van der Waals surface area contributed by atoms with E-state index in [4.69, 9.17) is 22.3 Å². The fraction of sp³-hybridized carbons (Fsp3) is 0.500. The van der Waals surface area contributed by atoms with Crippen molar-refractivity contribution in [1.82, 2.24) is 4.90 Å². The van der Waals surface area contributed by atoms with Crippen LogP contribution in [0.5, 0.6) is 0 Å². The summed E-state index contributed by atoms with van der Waals surface area (Å²) in [6.07, 6.45) is 2.04. The average Bonchev–Trinajstić information content (AvgIpc) is 2.40. The Morgan fingerprint density at radius 1 is 1.33 bits per heavy atom. The summed E-state index contributed by atoms with van der Waals surface area (Å²) in [5, 5.41) is 0.0154. The Hall–Kier alpha value is -0.780. The first-order chi connectivity index (χ1) is 9.71. The summed E-state index contributed by atoms with van der Waals surface area (Å²) in [5.41, 5.74) is 0.291. The maximum atomic E-state index is 12.6. The molecule has 2 unspecified atom stereocenters. The average molecular weight is 350 g/mol. The lowest BCUT2D eigenvalue weighted by Crippen LogP contribution is -2.46. The maximum Gasteiger partial charge on any atom is 0.262 e. The van der Waals surface area contributed by atoms with Gasteiger partial charge in [-0.1, -0.05) is 18.5 Å². The van der Waals surface area contributed by atoms with E-state index in [2.05, 4.69) is 6.92 Å². The minimum atomic E-state index is -3.97. The van der Waals surface area contributed by atoms with Crippen molar-refractivity contribution in [2.45, 2.75) is 37.6 Å². The van der Waals surface area contributed by atoms with Gasteiger partial charge in [0.25, 0.3) is 15.0 Å². The summed E-state index contributed by atoms with van der Waals surface area (Å²) in [5.74, 6) is 0.235. The van der Waals surface area contributed by atoms with E-state index in [9.17, 15) is 13.2 Å².